The molecular formula is C20H15F3N4O3S. The third-order valence-electron chi connectivity index (χ3n) is 4.52. The molecule has 31 heavy (non-hydrogen) atoms. The van der Waals surface area contributed by atoms with Gasteiger partial charge in [-0.1, -0.05) is 42.1 Å². The molecular weight excluding hydrogens is 433 g/mol. The van der Waals surface area contributed by atoms with Gasteiger partial charge in [-0.2, -0.15) is 13.2 Å². The number of thioether (sulfide) groups is 1. The second kappa shape index (κ2) is 8.42. The molecule has 7 nitrogen and oxygen atoms in total. The molecule has 1 aromatic heterocycles. The number of halogens is 3. The van der Waals surface area contributed by atoms with Gasteiger partial charge in [-0.25, -0.2) is 0 Å². The number of alkyl halides is 3. The zero-order valence-electron chi connectivity index (χ0n) is 15.8. The number of fused-ring (bicyclic) bond motifs is 1. The average molecular weight is 448 g/mol. The van der Waals surface area contributed by atoms with Gasteiger partial charge in [0.05, 0.1) is 23.5 Å². The monoisotopic (exact) mass is 448 g/mol. The van der Waals surface area contributed by atoms with Crippen molar-refractivity contribution in [1.29, 1.82) is 0 Å². The highest BCUT2D eigenvalue weighted by molar-refractivity contribution is 7.99. The zero-order chi connectivity index (χ0) is 22.0. The first-order valence-corrected chi connectivity index (χ1v) is 10.1. The molecule has 1 aliphatic heterocycles. The van der Waals surface area contributed by atoms with Gasteiger partial charge in [-0.05, 0) is 24.3 Å². The molecule has 1 atom stereocenters. The quantitative estimate of drug-likeness (QED) is 0.604. The summed E-state index contributed by atoms with van der Waals surface area (Å²) in [7, 11) is 0. The molecule has 3 aromatic rings. The van der Waals surface area contributed by atoms with E-state index in [1.807, 2.05) is 6.07 Å². The number of hydrogen-bond donors (Lipinski definition) is 1. The standard InChI is InChI=1S/C20H15F3N4O3S/c21-20(22,23)15-10-16(28)24-13-8-4-5-9-14(13)27(15)17(29)11-31-19-26-25-18(30-19)12-6-2-1-3-7-12/h1-9,15H,10-11H2,(H,24,28)/t15-/m0/s1. The summed E-state index contributed by atoms with van der Waals surface area (Å²) in [6, 6.07) is 12.5. The minimum Gasteiger partial charge on any atom is -0.411 e. The number of carbonyl (C=O) groups is 2. The second-order valence-corrected chi connectivity index (χ2v) is 7.55. The number of amides is 2. The van der Waals surface area contributed by atoms with Crippen LogP contribution in [0.25, 0.3) is 11.5 Å². The molecule has 0 aliphatic carbocycles. The van der Waals surface area contributed by atoms with Crippen molar-refractivity contribution >= 4 is 35.0 Å². The molecule has 4 rings (SSSR count). The molecule has 0 fully saturated rings. The Labute approximate surface area is 178 Å². The van der Waals surface area contributed by atoms with Gasteiger partial charge in [0.1, 0.15) is 6.04 Å². The molecule has 0 spiro atoms. The van der Waals surface area contributed by atoms with Gasteiger partial charge in [-0.15, -0.1) is 10.2 Å². The third kappa shape index (κ3) is 4.55. The molecule has 0 bridgehead atoms. The Morgan fingerprint density at radius 3 is 2.58 bits per heavy atom. The highest BCUT2D eigenvalue weighted by Gasteiger charge is 2.48. The number of nitrogens with one attached hydrogen (secondary N) is 1. The summed E-state index contributed by atoms with van der Waals surface area (Å²) in [6.45, 7) is 0. The lowest BCUT2D eigenvalue weighted by Gasteiger charge is -2.31. The number of anilines is 2. The van der Waals surface area contributed by atoms with Crippen molar-refractivity contribution in [1.82, 2.24) is 10.2 Å². The van der Waals surface area contributed by atoms with E-state index >= 15 is 0 Å². The minimum atomic E-state index is -4.79. The fourth-order valence-corrected chi connectivity index (χ4v) is 3.78. The Morgan fingerprint density at radius 1 is 1.13 bits per heavy atom. The minimum absolute atomic E-state index is 0.0169. The molecule has 11 heteroatoms. The molecule has 1 aliphatic rings. The first-order chi connectivity index (χ1) is 14.8. The lowest BCUT2D eigenvalue weighted by atomic mass is 10.1. The van der Waals surface area contributed by atoms with Gasteiger partial charge in [-0.3, -0.25) is 14.5 Å². The van der Waals surface area contributed by atoms with E-state index in [4.69, 9.17) is 4.42 Å². The van der Waals surface area contributed by atoms with Crippen LogP contribution in [0, 0.1) is 0 Å². The van der Waals surface area contributed by atoms with Crippen molar-refractivity contribution in [2.24, 2.45) is 0 Å². The van der Waals surface area contributed by atoms with E-state index in [9.17, 15) is 22.8 Å². The third-order valence-corrected chi connectivity index (χ3v) is 5.32. The molecule has 0 unspecified atom stereocenters. The summed E-state index contributed by atoms with van der Waals surface area (Å²) in [5, 5.41) is 10.2. The fraction of sp³-hybridized carbons (Fsp3) is 0.200. The van der Waals surface area contributed by atoms with Crippen molar-refractivity contribution in [3.63, 3.8) is 0 Å². The Hall–Kier alpha value is -3.34. The maximum atomic E-state index is 13.7. The van der Waals surface area contributed by atoms with Crippen LogP contribution in [0.15, 0.2) is 64.2 Å². The van der Waals surface area contributed by atoms with E-state index in [1.165, 1.54) is 18.2 Å². The molecule has 160 valence electrons. The zero-order valence-corrected chi connectivity index (χ0v) is 16.6. The van der Waals surface area contributed by atoms with E-state index in [1.54, 1.807) is 30.3 Å². The maximum absolute atomic E-state index is 13.7. The topological polar surface area (TPSA) is 88.3 Å². The number of aromatic nitrogens is 2. The van der Waals surface area contributed by atoms with Gasteiger partial charge in [0.2, 0.25) is 17.7 Å². The van der Waals surface area contributed by atoms with Crippen LogP contribution < -0.4 is 10.2 Å². The van der Waals surface area contributed by atoms with E-state index in [-0.39, 0.29) is 28.2 Å². The van der Waals surface area contributed by atoms with Crippen LogP contribution in [-0.4, -0.2) is 40.0 Å². The molecule has 0 saturated carbocycles. The van der Waals surface area contributed by atoms with Crippen molar-refractivity contribution in [3.05, 3.63) is 54.6 Å². The van der Waals surface area contributed by atoms with Gasteiger partial charge < -0.3 is 9.73 Å². The number of nitrogens with zero attached hydrogens (tertiary/aromatic N) is 3. The van der Waals surface area contributed by atoms with Crippen LogP contribution in [0.2, 0.25) is 0 Å². The first kappa shape index (κ1) is 20.9. The highest BCUT2D eigenvalue weighted by atomic mass is 32.2. The van der Waals surface area contributed by atoms with Crippen LogP contribution in [0.3, 0.4) is 0 Å². The number of carbonyl (C=O) groups excluding carboxylic acids is 2. The molecule has 0 radical (unpaired) electrons. The van der Waals surface area contributed by atoms with Crippen molar-refractivity contribution in [3.8, 4) is 11.5 Å². The van der Waals surface area contributed by atoms with Crippen LogP contribution in [0.5, 0.6) is 0 Å². The average Bonchev–Trinajstić information content (AvgIpc) is 3.15. The summed E-state index contributed by atoms with van der Waals surface area (Å²) in [6.07, 6.45) is -5.69. The van der Waals surface area contributed by atoms with E-state index in [2.05, 4.69) is 15.5 Å². The van der Waals surface area contributed by atoms with Crippen LogP contribution in [-0.2, 0) is 9.59 Å². The first-order valence-electron chi connectivity index (χ1n) is 9.12. The van der Waals surface area contributed by atoms with E-state index < -0.39 is 30.5 Å². The predicted octanol–water partition coefficient (Wildman–Crippen LogP) is 4.14. The Balaban J connectivity index is 1.57. The maximum Gasteiger partial charge on any atom is 0.409 e. The van der Waals surface area contributed by atoms with Gasteiger partial charge in [0.15, 0.2) is 0 Å². The lowest BCUT2D eigenvalue weighted by molar-refractivity contribution is -0.157. The predicted molar refractivity (Wildman–Crippen MR) is 107 cm³/mol. The van der Waals surface area contributed by atoms with Crippen molar-refractivity contribution < 1.29 is 27.2 Å². The second-order valence-electron chi connectivity index (χ2n) is 6.62. The normalized spacial score (nSPS) is 16.4. The summed E-state index contributed by atoms with van der Waals surface area (Å²) >= 11 is 0.828. The van der Waals surface area contributed by atoms with Crippen LogP contribution >= 0.6 is 11.8 Å². The van der Waals surface area contributed by atoms with E-state index in [0.717, 1.165) is 11.8 Å². The Bertz CT molecular complexity index is 1100. The number of hydrogen-bond acceptors (Lipinski definition) is 6. The smallest absolute Gasteiger partial charge is 0.409 e. The Kier molecular flexibility index (Phi) is 5.68. The molecule has 1 N–H and O–H groups in total. The van der Waals surface area contributed by atoms with Crippen LogP contribution in [0.4, 0.5) is 24.5 Å². The largest absolute Gasteiger partial charge is 0.411 e. The highest BCUT2D eigenvalue weighted by Crippen LogP contribution is 2.38. The summed E-state index contributed by atoms with van der Waals surface area (Å²) in [5.41, 5.74) is 0.801. The molecule has 2 aromatic carbocycles. The summed E-state index contributed by atoms with van der Waals surface area (Å²) in [5.74, 6) is -1.80. The van der Waals surface area contributed by atoms with Gasteiger partial charge in [0.25, 0.3) is 5.22 Å². The summed E-state index contributed by atoms with van der Waals surface area (Å²) < 4.78 is 46.7. The number of para-hydroxylation sites is 2. The SMILES string of the molecule is O=C1C[C@@H](C(F)(F)F)N(C(=O)CSc2nnc(-c3ccccc3)o2)c2ccccc2N1. The van der Waals surface area contributed by atoms with Crippen molar-refractivity contribution in [2.75, 3.05) is 16.0 Å². The van der Waals surface area contributed by atoms with Gasteiger partial charge in [0, 0.05) is 5.56 Å². The number of benzene rings is 2. The number of rotatable bonds is 4. The summed E-state index contributed by atoms with van der Waals surface area (Å²) in [4.78, 5) is 25.5. The van der Waals surface area contributed by atoms with E-state index in [0.29, 0.717) is 10.5 Å². The fourth-order valence-electron chi connectivity index (χ4n) is 3.15. The Morgan fingerprint density at radius 2 is 1.84 bits per heavy atom. The van der Waals surface area contributed by atoms with Crippen molar-refractivity contribution in [2.45, 2.75) is 23.9 Å². The van der Waals surface area contributed by atoms with Gasteiger partial charge >= 0.3 is 6.18 Å². The molecule has 2 amide bonds. The molecule has 2 heterocycles. The molecule has 0 saturated heterocycles. The van der Waals surface area contributed by atoms with Crippen LogP contribution in [0.1, 0.15) is 6.42 Å². The lowest BCUT2D eigenvalue weighted by Crippen LogP contribution is -2.50.